The molecule has 0 atom stereocenters. The maximum Gasteiger partial charge on any atom is 0.310 e. The molecule has 3 rings (SSSR count). The molecule has 0 aliphatic rings. The monoisotopic (exact) mass is 277 g/mol. The minimum absolute atomic E-state index is 0.227. The quantitative estimate of drug-likeness (QED) is 0.685. The van der Waals surface area contributed by atoms with Gasteiger partial charge in [-0.1, -0.05) is 48.5 Å². The SMILES string of the molecule is O=C(Cc1ccnc2ccccc12)OCc1ccccc1. The molecule has 3 heteroatoms. The summed E-state index contributed by atoms with van der Waals surface area (Å²) in [6.07, 6.45) is 1.98. The molecule has 0 N–H and O–H groups in total. The maximum atomic E-state index is 12.0. The highest BCUT2D eigenvalue weighted by Gasteiger charge is 2.08. The van der Waals surface area contributed by atoms with Crippen LogP contribution in [0.15, 0.2) is 66.9 Å². The van der Waals surface area contributed by atoms with Crippen LogP contribution in [-0.4, -0.2) is 11.0 Å². The molecule has 21 heavy (non-hydrogen) atoms. The summed E-state index contributed by atoms with van der Waals surface area (Å²) in [4.78, 5) is 16.3. The zero-order chi connectivity index (χ0) is 14.5. The second-order valence-electron chi connectivity index (χ2n) is 4.81. The van der Waals surface area contributed by atoms with Gasteiger partial charge in [0, 0.05) is 11.6 Å². The first-order valence-electron chi connectivity index (χ1n) is 6.85. The lowest BCUT2D eigenvalue weighted by atomic mass is 10.1. The molecule has 0 radical (unpaired) electrons. The lowest BCUT2D eigenvalue weighted by Gasteiger charge is -2.07. The van der Waals surface area contributed by atoms with E-state index in [-0.39, 0.29) is 12.4 Å². The number of aromatic nitrogens is 1. The van der Waals surface area contributed by atoms with E-state index in [9.17, 15) is 4.79 Å². The van der Waals surface area contributed by atoms with Crippen LogP contribution in [0, 0.1) is 0 Å². The fourth-order valence-corrected chi connectivity index (χ4v) is 2.25. The summed E-state index contributed by atoms with van der Waals surface area (Å²) in [6.45, 7) is 0.308. The third-order valence-corrected chi connectivity index (χ3v) is 3.32. The molecule has 2 aromatic carbocycles. The van der Waals surface area contributed by atoms with Crippen LogP contribution in [0.3, 0.4) is 0 Å². The summed E-state index contributed by atoms with van der Waals surface area (Å²) in [5, 5.41) is 0.997. The van der Waals surface area contributed by atoms with Crippen molar-refractivity contribution < 1.29 is 9.53 Å². The van der Waals surface area contributed by atoms with Crippen molar-refractivity contribution in [2.24, 2.45) is 0 Å². The molecule has 1 aromatic heterocycles. The number of fused-ring (bicyclic) bond motifs is 1. The van der Waals surface area contributed by atoms with Crippen molar-refractivity contribution in [3.63, 3.8) is 0 Å². The summed E-state index contributed by atoms with van der Waals surface area (Å²) in [5.74, 6) is -0.227. The fourth-order valence-electron chi connectivity index (χ4n) is 2.25. The third kappa shape index (κ3) is 3.26. The number of nitrogens with zero attached hydrogens (tertiary/aromatic N) is 1. The number of esters is 1. The molecule has 3 aromatic rings. The fraction of sp³-hybridized carbons (Fsp3) is 0.111. The molecule has 0 aliphatic carbocycles. The smallest absolute Gasteiger partial charge is 0.310 e. The van der Waals surface area contributed by atoms with E-state index < -0.39 is 0 Å². The standard InChI is InChI=1S/C18H15NO2/c20-18(21-13-14-6-2-1-3-7-14)12-15-10-11-19-17-9-5-4-8-16(15)17/h1-11H,12-13H2. The van der Waals surface area contributed by atoms with Crippen LogP contribution >= 0.6 is 0 Å². The molecule has 3 nitrogen and oxygen atoms in total. The molecule has 0 saturated carbocycles. The molecular formula is C18H15NO2. The number of pyridine rings is 1. The van der Waals surface area contributed by atoms with Crippen molar-refractivity contribution in [3.8, 4) is 0 Å². The van der Waals surface area contributed by atoms with E-state index in [0.29, 0.717) is 6.61 Å². The Morgan fingerprint density at radius 2 is 1.71 bits per heavy atom. The average Bonchev–Trinajstić information content (AvgIpc) is 2.54. The minimum Gasteiger partial charge on any atom is -0.461 e. The van der Waals surface area contributed by atoms with Crippen LogP contribution in [0.25, 0.3) is 10.9 Å². The number of carbonyl (C=O) groups is 1. The Balaban J connectivity index is 1.69. The Kier molecular flexibility index (Phi) is 3.92. The first-order chi connectivity index (χ1) is 10.3. The average molecular weight is 277 g/mol. The molecule has 104 valence electrons. The van der Waals surface area contributed by atoms with Crippen LogP contribution in [0.4, 0.5) is 0 Å². The molecule has 0 fully saturated rings. The van der Waals surface area contributed by atoms with Crippen LogP contribution in [-0.2, 0) is 22.6 Å². The summed E-state index contributed by atoms with van der Waals surface area (Å²) in [5.41, 5.74) is 2.83. The second kappa shape index (κ2) is 6.18. The number of hydrogen-bond acceptors (Lipinski definition) is 3. The van der Waals surface area contributed by atoms with Gasteiger partial charge < -0.3 is 4.74 Å². The topological polar surface area (TPSA) is 39.2 Å². The first-order valence-corrected chi connectivity index (χ1v) is 6.85. The van der Waals surface area contributed by atoms with E-state index in [1.54, 1.807) is 6.20 Å². The van der Waals surface area contributed by atoms with Gasteiger partial charge in [-0.3, -0.25) is 9.78 Å². The number of carbonyl (C=O) groups excluding carboxylic acids is 1. The molecule has 0 aliphatic heterocycles. The van der Waals surface area contributed by atoms with Crippen LogP contribution in [0.2, 0.25) is 0 Å². The van der Waals surface area contributed by atoms with E-state index in [1.807, 2.05) is 60.7 Å². The van der Waals surface area contributed by atoms with Crippen molar-refractivity contribution in [3.05, 3.63) is 78.0 Å². The summed E-state index contributed by atoms with van der Waals surface area (Å²) < 4.78 is 5.32. The van der Waals surface area contributed by atoms with Gasteiger partial charge in [0.2, 0.25) is 0 Å². The van der Waals surface area contributed by atoms with Crippen molar-refractivity contribution in [1.29, 1.82) is 0 Å². The third-order valence-electron chi connectivity index (χ3n) is 3.32. The highest BCUT2D eigenvalue weighted by Crippen LogP contribution is 2.17. The molecule has 0 saturated heterocycles. The van der Waals surface area contributed by atoms with Crippen molar-refractivity contribution >= 4 is 16.9 Å². The van der Waals surface area contributed by atoms with Gasteiger partial charge in [0.1, 0.15) is 6.61 Å². The van der Waals surface area contributed by atoms with E-state index in [4.69, 9.17) is 4.74 Å². The number of hydrogen-bond donors (Lipinski definition) is 0. The summed E-state index contributed by atoms with van der Waals surface area (Å²) in [7, 11) is 0. The zero-order valence-corrected chi connectivity index (χ0v) is 11.5. The van der Waals surface area contributed by atoms with Gasteiger partial charge in [-0.15, -0.1) is 0 Å². The van der Waals surface area contributed by atoms with E-state index in [0.717, 1.165) is 22.0 Å². The van der Waals surface area contributed by atoms with Gasteiger partial charge >= 0.3 is 5.97 Å². The van der Waals surface area contributed by atoms with E-state index >= 15 is 0 Å². The summed E-state index contributed by atoms with van der Waals surface area (Å²) >= 11 is 0. The summed E-state index contributed by atoms with van der Waals surface area (Å²) in [6, 6.07) is 19.3. The van der Waals surface area contributed by atoms with Crippen LogP contribution in [0.1, 0.15) is 11.1 Å². The largest absolute Gasteiger partial charge is 0.461 e. The van der Waals surface area contributed by atoms with Crippen molar-refractivity contribution in [2.75, 3.05) is 0 Å². The van der Waals surface area contributed by atoms with E-state index in [2.05, 4.69) is 4.98 Å². The number of para-hydroxylation sites is 1. The number of ether oxygens (including phenoxy) is 1. The molecule has 1 heterocycles. The van der Waals surface area contributed by atoms with Gasteiger partial charge in [0.05, 0.1) is 11.9 Å². The Bertz CT molecular complexity index is 748. The van der Waals surface area contributed by atoms with Gasteiger partial charge in [0.25, 0.3) is 0 Å². The zero-order valence-electron chi connectivity index (χ0n) is 11.5. The Morgan fingerprint density at radius 3 is 2.57 bits per heavy atom. The maximum absolute atomic E-state index is 12.0. The molecule has 0 unspecified atom stereocenters. The van der Waals surface area contributed by atoms with Gasteiger partial charge in [-0.05, 0) is 23.3 Å². The van der Waals surface area contributed by atoms with Gasteiger partial charge in [-0.2, -0.15) is 0 Å². The lowest BCUT2D eigenvalue weighted by molar-refractivity contribution is -0.144. The molecule has 0 amide bonds. The Labute approximate surface area is 123 Å². The van der Waals surface area contributed by atoms with Gasteiger partial charge in [-0.25, -0.2) is 0 Å². The van der Waals surface area contributed by atoms with Crippen LogP contribution < -0.4 is 0 Å². The van der Waals surface area contributed by atoms with Crippen LogP contribution in [0.5, 0.6) is 0 Å². The predicted molar refractivity (Wildman–Crippen MR) is 81.7 cm³/mol. The second-order valence-corrected chi connectivity index (χ2v) is 4.81. The normalized spacial score (nSPS) is 10.5. The Hall–Kier alpha value is -2.68. The van der Waals surface area contributed by atoms with Gasteiger partial charge in [0.15, 0.2) is 0 Å². The van der Waals surface area contributed by atoms with Crippen molar-refractivity contribution in [2.45, 2.75) is 13.0 Å². The number of benzene rings is 2. The molecule has 0 bridgehead atoms. The Morgan fingerprint density at radius 1 is 0.952 bits per heavy atom. The highest BCUT2D eigenvalue weighted by molar-refractivity contribution is 5.86. The molecular weight excluding hydrogens is 262 g/mol. The molecule has 0 spiro atoms. The minimum atomic E-state index is -0.227. The number of rotatable bonds is 4. The van der Waals surface area contributed by atoms with Crippen molar-refractivity contribution in [1.82, 2.24) is 4.98 Å². The first kappa shape index (κ1) is 13.3. The highest BCUT2D eigenvalue weighted by atomic mass is 16.5. The predicted octanol–water partition coefficient (Wildman–Crippen LogP) is 3.52. The van der Waals surface area contributed by atoms with E-state index in [1.165, 1.54) is 0 Å². The lowest BCUT2D eigenvalue weighted by Crippen LogP contribution is -2.08.